The fraction of sp³-hybridized carbons (Fsp3) is 0.478. The number of nitrogens with zero attached hydrogens (tertiary/aromatic N) is 2. The first-order valence-electron chi connectivity index (χ1n) is 10.8. The van der Waals surface area contributed by atoms with Gasteiger partial charge in [-0.05, 0) is 87.4 Å². The molecule has 0 aromatic carbocycles. The van der Waals surface area contributed by atoms with Gasteiger partial charge in [-0.2, -0.15) is 4.37 Å². The van der Waals surface area contributed by atoms with E-state index in [4.69, 9.17) is 9.47 Å². The van der Waals surface area contributed by atoms with Gasteiger partial charge < -0.3 is 14.8 Å². The third-order valence-corrected chi connectivity index (χ3v) is 8.44. The minimum absolute atomic E-state index is 0.288. The van der Waals surface area contributed by atoms with E-state index in [1.807, 2.05) is 38.3 Å². The normalized spacial score (nSPS) is 12.9. The van der Waals surface area contributed by atoms with Gasteiger partial charge in [-0.1, -0.05) is 6.07 Å². The van der Waals surface area contributed by atoms with Crippen LogP contribution in [-0.2, 0) is 16.0 Å². The lowest BCUT2D eigenvalue weighted by atomic mass is 10.2. The van der Waals surface area contributed by atoms with E-state index >= 15 is 0 Å². The second kappa shape index (κ2) is 10.5. The minimum Gasteiger partial charge on any atom is -0.444 e. The summed E-state index contributed by atoms with van der Waals surface area (Å²) in [5.41, 5.74) is -0.762. The van der Waals surface area contributed by atoms with Crippen LogP contribution in [0.25, 0.3) is 10.2 Å². The lowest BCUT2D eigenvalue weighted by molar-refractivity contribution is 0.0496. The van der Waals surface area contributed by atoms with Gasteiger partial charge in [0.15, 0.2) is 5.78 Å². The number of anilines is 1. The summed E-state index contributed by atoms with van der Waals surface area (Å²) in [5.74, 6) is -0.288. The Morgan fingerprint density at radius 3 is 2.37 bits per heavy atom. The molecule has 0 spiro atoms. The van der Waals surface area contributed by atoms with Crippen LogP contribution >= 0.6 is 50.1 Å². The van der Waals surface area contributed by atoms with Crippen molar-refractivity contribution in [2.45, 2.75) is 72.3 Å². The Morgan fingerprint density at radius 2 is 1.80 bits per heavy atom. The van der Waals surface area contributed by atoms with E-state index < -0.39 is 29.4 Å². The quantitative estimate of drug-likeness (QED) is 0.299. The first-order chi connectivity index (χ1) is 16.2. The third-order valence-electron chi connectivity index (χ3n) is 4.35. The first kappa shape index (κ1) is 27.6. The topological polar surface area (TPSA) is 97.8 Å². The van der Waals surface area contributed by atoms with Gasteiger partial charge >= 0.3 is 12.2 Å². The van der Waals surface area contributed by atoms with Gasteiger partial charge in [0.25, 0.3) is 0 Å². The highest BCUT2D eigenvalue weighted by atomic mass is 79.9. The van der Waals surface area contributed by atoms with Crippen molar-refractivity contribution in [2.75, 3.05) is 4.90 Å². The SMILES string of the molecule is C[C@H](NC(=O)OC(C)(C)C)C(=O)c1sc2c(N(Cc3cccs3)C(=O)OC(C)(C)C)snc2c1Br. The number of alkyl carbamates (subject to hydrolysis) is 1. The Balaban J connectivity index is 1.93. The smallest absolute Gasteiger partial charge is 0.415 e. The number of ketones is 1. The number of hydrogen-bond acceptors (Lipinski definition) is 9. The predicted molar refractivity (Wildman–Crippen MR) is 145 cm³/mol. The fourth-order valence-corrected chi connectivity index (χ4v) is 6.78. The molecule has 3 rings (SSSR count). The summed E-state index contributed by atoms with van der Waals surface area (Å²) in [6.07, 6.45) is -1.16. The fourth-order valence-electron chi connectivity index (χ4n) is 2.93. The summed E-state index contributed by atoms with van der Waals surface area (Å²) in [4.78, 5) is 41.4. The molecule has 0 aliphatic carbocycles. The lowest BCUT2D eigenvalue weighted by Crippen LogP contribution is -2.41. The van der Waals surface area contributed by atoms with Gasteiger partial charge in [0.2, 0.25) is 0 Å². The Hall–Kier alpha value is -2.02. The summed E-state index contributed by atoms with van der Waals surface area (Å²) in [7, 11) is 0. The van der Waals surface area contributed by atoms with Crippen molar-refractivity contribution in [1.29, 1.82) is 0 Å². The third kappa shape index (κ3) is 7.02. The van der Waals surface area contributed by atoms with Crippen molar-refractivity contribution < 1.29 is 23.9 Å². The van der Waals surface area contributed by atoms with Gasteiger partial charge in [0, 0.05) is 4.88 Å². The van der Waals surface area contributed by atoms with E-state index in [-0.39, 0.29) is 5.78 Å². The van der Waals surface area contributed by atoms with Crippen molar-refractivity contribution in [3.63, 3.8) is 0 Å². The number of thiophene rings is 2. The molecule has 190 valence electrons. The average molecular weight is 603 g/mol. The maximum Gasteiger partial charge on any atom is 0.415 e. The number of hydrogen-bond donors (Lipinski definition) is 1. The van der Waals surface area contributed by atoms with Crippen molar-refractivity contribution >= 4 is 83.3 Å². The molecule has 3 heterocycles. The number of carbonyl (C=O) groups excluding carboxylic acids is 3. The van der Waals surface area contributed by atoms with Gasteiger partial charge in [0.05, 0.1) is 26.6 Å². The molecule has 0 saturated heterocycles. The predicted octanol–water partition coefficient (Wildman–Crippen LogP) is 7.22. The highest BCUT2D eigenvalue weighted by Crippen LogP contribution is 2.44. The molecule has 0 bridgehead atoms. The molecule has 35 heavy (non-hydrogen) atoms. The van der Waals surface area contributed by atoms with Crippen LogP contribution in [0.2, 0.25) is 0 Å². The molecule has 0 aliphatic heterocycles. The van der Waals surface area contributed by atoms with E-state index in [0.717, 1.165) is 4.88 Å². The van der Waals surface area contributed by atoms with Gasteiger partial charge in [-0.25, -0.2) is 9.59 Å². The van der Waals surface area contributed by atoms with Crippen LogP contribution in [0, 0.1) is 0 Å². The number of aromatic nitrogens is 1. The zero-order valence-corrected chi connectivity index (χ0v) is 24.6. The number of nitrogens with one attached hydrogen (secondary N) is 1. The van der Waals surface area contributed by atoms with E-state index in [1.165, 1.54) is 34.2 Å². The summed E-state index contributed by atoms with van der Waals surface area (Å²) in [5, 5.41) is 5.13. The van der Waals surface area contributed by atoms with Crippen LogP contribution in [0.4, 0.5) is 14.6 Å². The van der Waals surface area contributed by atoms with Crippen molar-refractivity contribution in [3.8, 4) is 0 Å². The number of halogens is 1. The Labute approximate surface area is 224 Å². The van der Waals surface area contributed by atoms with E-state index in [2.05, 4.69) is 25.6 Å². The van der Waals surface area contributed by atoms with Crippen LogP contribution in [0.15, 0.2) is 22.0 Å². The highest BCUT2D eigenvalue weighted by Gasteiger charge is 2.31. The summed E-state index contributed by atoms with van der Waals surface area (Å²) in [6.45, 7) is 12.6. The molecule has 1 atom stereocenters. The number of amides is 2. The van der Waals surface area contributed by atoms with Crippen LogP contribution in [0.3, 0.4) is 0 Å². The number of carbonyl (C=O) groups is 3. The first-order valence-corrected chi connectivity index (χ1v) is 14.1. The molecule has 1 N–H and O–H groups in total. The van der Waals surface area contributed by atoms with Crippen molar-refractivity contribution in [1.82, 2.24) is 9.69 Å². The molecule has 3 aromatic heterocycles. The standard InChI is InChI=1S/C23H28BrN3O5S3/c1-12(25-20(29)31-22(2,3)4)16(28)17-14(24)15-18(34-17)19(35-26-15)27(11-13-9-8-10-33-13)21(30)32-23(5,6)7/h8-10,12H,11H2,1-7H3,(H,25,29)/t12-/m0/s1. The Bertz CT molecular complexity index is 1220. The molecule has 0 fully saturated rings. The van der Waals surface area contributed by atoms with Crippen molar-refractivity contribution in [3.05, 3.63) is 31.7 Å². The summed E-state index contributed by atoms with van der Waals surface area (Å²) in [6, 6.07) is 3.06. The monoisotopic (exact) mass is 601 g/mol. The van der Waals surface area contributed by atoms with E-state index in [0.29, 0.717) is 31.1 Å². The summed E-state index contributed by atoms with van der Waals surface area (Å²) < 4.78 is 16.7. The van der Waals surface area contributed by atoms with E-state index in [9.17, 15) is 14.4 Å². The molecule has 2 amide bonds. The molecule has 0 aliphatic rings. The van der Waals surface area contributed by atoms with Crippen LogP contribution in [-0.4, -0.2) is 39.6 Å². The zero-order valence-electron chi connectivity index (χ0n) is 20.6. The largest absolute Gasteiger partial charge is 0.444 e. The number of rotatable bonds is 6. The number of ether oxygens (including phenoxy) is 2. The summed E-state index contributed by atoms with van der Waals surface area (Å²) >= 11 is 7.44. The molecular formula is C23H28BrN3O5S3. The maximum absolute atomic E-state index is 13.2. The zero-order chi connectivity index (χ0) is 26.1. The van der Waals surface area contributed by atoms with Gasteiger partial charge in [-0.3, -0.25) is 9.69 Å². The molecule has 3 aromatic rings. The minimum atomic E-state index is -0.816. The van der Waals surface area contributed by atoms with E-state index in [1.54, 1.807) is 32.6 Å². The molecular weight excluding hydrogens is 574 g/mol. The average Bonchev–Trinajstić information content (AvgIpc) is 3.41. The second-order valence-electron chi connectivity index (χ2n) is 9.79. The molecule has 0 unspecified atom stereocenters. The molecule has 12 heteroatoms. The molecule has 0 saturated carbocycles. The molecule has 8 nitrogen and oxygen atoms in total. The van der Waals surface area contributed by atoms with Gasteiger partial charge in [0.1, 0.15) is 21.7 Å². The second-order valence-corrected chi connectivity index (χ2v) is 13.4. The molecule has 0 radical (unpaired) electrons. The number of fused-ring (bicyclic) bond motifs is 1. The van der Waals surface area contributed by atoms with Crippen molar-refractivity contribution in [2.24, 2.45) is 0 Å². The highest BCUT2D eigenvalue weighted by molar-refractivity contribution is 9.10. The lowest BCUT2D eigenvalue weighted by Gasteiger charge is -2.26. The van der Waals surface area contributed by atoms with Gasteiger partial charge in [-0.15, -0.1) is 22.7 Å². The Kier molecular flexibility index (Phi) is 8.30. The van der Waals surface area contributed by atoms with Crippen LogP contribution < -0.4 is 10.2 Å². The number of Topliss-reactive ketones (excluding diaryl/α,β-unsaturated/α-hetero) is 1. The van der Waals surface area contributed by atoms with Crippen LogP contribution in [0.1, 0.15) is 63.0 Å². The maximum atomic E-state index is 13.2. The van der Waals surface area contributed by atoms with Crippen LogP contribution in [0.5, 0.6) is 0 Å². The Morgan fingerprint density at radius 1 is 1.14 bits per heavy atom.